The van der Waals surface area contributed by atoms with Crippen molar-refractivity contribution in [2.75, 3.05) is 26.7 Å². The minimum atomic E-state index is 0.192. The number of nitrogens with one attached hydrogen (secondary N) is 2. The number of carbonyl (C=O) groups excluding carboxylic acids is 1. The normalized spacial score (nSPS) is 21.6. The number of nitrogens with zero attached hydrogens (tertiary/aromatic N) is 1. The smallest absolute Gasteiger partial charge is 0.234 e. The van der Waals surface area contributed by atoms with Crippen LogP contribution in [0.25, 0.3) is 0 Å². The molecule has 20 heavy (non-hydrogen) atoms. The fourth-order valence-electron chi connectivity index (χ4n) is 3.01. The molecule has 1 aliphatic rings. The molecule has 1 amide bonds. The van der Waals surface area contributed by atoms with Crippen LogP contribution >= 0.6 is 0 Å². The summed E-state index contributed by atoms with van der Waals surface area (Å²) < 4.78 is 0. The predicted octanol–water partition coefficient (Wildman–Crippen LogP) is 2.15. The molecule has 2 N–H and O–H groups in total. The van der Waals surface area contributed by atoms with Gasteiger partial charge in [-0.1, -0.05) is 32.6 Å². The van der Waals surface area contributed by atoms with Gasteiger partial charge >= 0.3 is 0 Å². The first-order valence-corrected chi connectivity index (χ1v) is 8.35. The predicted molar refractivity (Wildman–Crippen MR) is 84.9 cm³/mol. The highest BCUT2D eigenvalue weighted by Crippen LogP contribution is 2.16. The second-order valence-corrected chi connectivity index (χ2v) is 6.14. The Labute approximate surface area is 124 Å². The summed E-state index contributed by atoms with van der Waals surface area (Å²) in [5.74, 6) is 0.192. The third kappa shape index (κ3) is 6.71. The SMILES string of the molecule is CCCCCC(C)NC(=O)CN1CCCCC1CNC. The average molecular weight is 283 g/mol. The van der Waals surface area contributed by atoms with Crippen LogP contribution in [0.4, 0.5) is 0 Å². The highest BCUT2D eigenvalue weighted by molar-refractivity contribution is 5.78. The summed E-state index contributed by atoms with van der Waals surface area (Å²) in [5, 5.41) is 6.39. The molecule has 118 valence electrons. The van der Waals surface area contributed by atoms with Crippen LogP contribution in [0.15, 0.2) is 0 Å². The van der Waals surface area contributed by atoms with Gasteiger partial charge < -0.3 is 10.6 Å². The van der Waals surface area contributed by atoms with E-state index in [1.165, 1.54) is 38.5 Å². The monoisotopic (exact) mass is 283 g/mol. The molecule has 1 rings (SSSR count). The molecule has 0 saturated carbocycles. The van der Waals surface area contributed by atoms with Gasteiger partial charge in [-0.05, 0) is 39.8 Å². The molecule has 4 nitrogen and oxygen atoms in total. The summed E-state index contributed by atoms with van der Waals surface area (Å²) >= 11 is 0. The minimum Gasteiger partial charge on any atom is -0.353 e. The number of likely N-dealkylation sites (tertiary alicyclic amines) is 1. The maximum absolute atomic E-state index is 12.1. The lowest BCUT2D eigenvalue weighted by Gasteiger charge is -2.35. The highest BCUT2D eigenvalue weighted by atomic mass is 16.2. The van der Waals surface area contributed by atoms with E-state index in [1.54, 1.807) is 0 Å². The van der Waals surface area contributed by atoms with Gasteiger partial charge in [-0.25, -0.2) is 0 Å². The number of amides is 1. The van der Waals surface area contributed by atoms with Crippen molar-refractivity contribution < 1.29 is 4.79 Å². The van der Waals surface area contributed by atoms with Crippen molar-refractivity contribution in [1.82, 2.24) is 15.5 Å². The van der Waals surface area contributed by atoms with E-state index in [4.69, 9.17) is 0 Å². The summed E-state index contributed by atoms with van der Waals surface area (Å²) in [7, 11) is 1.99. The quantitative estimate of drug-likeness (QED) is 0.637. The van der Waals surface area contributed by atoms with Gasteiger partial charge in [-0.15, -0.1) is 0 Å². The summed E-state index contributed by atoms with van der Waals surface area (Å²) in [6.45, 7) is 6.93. The van der Waals surface area contributed by atoms with E-state index in [-0.39, 0.29) is 5.91 Å². The molecule has 0 aromatic rings. The van der Waals surface area contributed by atoms with Gasteiger partial charge in [0.1, 0.15) is 0 Å². The Morgan fingerprint density at radius 1 is 1.35 bits per heavy atom. The van der Waals surface area contributed by atoms with Crippen LogP contribution in [0.2, 0.25) is 0 Å². The molecular weight excluding hydrogens is 250 g/mol. The Morgan fingerprint density at radius 2 is 2.15 bits per heavy atom. The van der Waals surface area contributed by atoms with Crippen molar-refractivity contribution in [3.63, 3.8) is 0 Å². The summed E-state index contributed by atoms with van der Waals surface area (Å²) in [4.78, 5) is 14.5. The first kappa shape index (κ1) is 17.4. The maximum Gasteiger partial charge on any atom is 0.234 e. The van der Waals surface area contributed by atoms with E-state index in [1.807, 2.05) is 7.05 Å². The number of carbonyl (C=O) groups is 1. The Balaban J connectivity index is 2.28. The minimum absolute atomic E-state index is 0.192. The molecule has 1 saturated heterocycles. The van der Waals surface area contributed by atoms with Crippen LogP contribution < -0.4 is 10.6 Å². The van der Waals surface area contributed by atoms with Crippen molar-refractivity contribution in [2.45, 2.75) is 70.9 Å². The van der Waals surface area contributed by atoms with Crippen LogP contribution in [-0.4, -0.2) is 49.6 Å². The Hall–Kier alpha value is -0.610. The molecule has 0 aromatic carbocycles. The first-order valence-electron chi connectivity index (χ1n) is 8.35. The molecule has 0 radical (unpaired) electrons. The van der Waals surface area contributed by atoms with E-state index in [0.717, 1.165) is 19.5 Å². The second kappa shape index (κ2) is 10.2. The molecule has 0 spiro atoms. The fourth-order valence-corrected chi connectivity index (χ4v) is 3.01. The summed E-state index contributed by atoms with van der Waals surface area (Å²) in [5.41, 5.74) is 0. The van der Waals surface area contributed by atoms with E-state index in [2.05, 4.69) is 29.4 Å². The highest BCUT2D eigenvalue weighted by Gasteiger charge is 2.23. The Bertz CT molecular complexity index is 268. The van der Waals surface area contributed by atoms with Crippen molar-refractivity contribution in [3.05, 3.63) is 0 Å². The molecule has 0 aliphatic carbocycles. The van der Waals surface area contributed by atoms with Gasteiger partial charge in [-0.2, -0.15) is 0 Å². The van der Waals surface area contributed by atoms with Gasteiger partial charge in [0.15, 0.2) is 0 Å². The molecular formula is C16H33N3O. The van der Waals surface area contributed by atoms with Crippen LogP contribution in [0.1, 0.15) is 58.8 Å². The van der Waals surface area contributed by atoms with Gasteiger partial charge in [0.2, 0.25) is 5.91 Å². The molecule has 1 fully saturated rings. The molecule has 2 atom stereocenters. The number of unbranched alkanes of at least 4 members (excludes halogenated alkanes) is 2. The maximum atomic E-state index is 12.1. The van der Waals surface area contributed by atoms with Crippen LogP contribution in [0.5, 0.6) is 0 Å². The lowest BCUT2D eigenvalue weighted by Crippen LogP contribution is -2.50. The summed E-state index contributed by atoms with van der Waals surface area (Å²) in [6, 6.07) is 0.830. The second-order valence-electron chi connectivity index (χ2n) is 6.14. The Kier molecular flexibility index (Phi) is 8.86. The first-order chi connectivity index (χ1) is 9.67. The topological polar surface area (TPSA) is 44.4 Å². The van der Waals surface area contributed by atoms with E-state index < -0.39 is 0 Å². The van der Waals surface area contributed by atoms with Gasteiger partial charge in [0.05, 0.1) is 6.54 Å². The molecule has 0 aromatic heterocycles. The van der Waals surface area contributed by atoms with Crippen LogP contribution in [-0.2, 0) is 4.79 Å². The number of piperidine rings is 1. The molecule has 4 heteroatoms. The third-order valence-electron chi connectivity index (χ3n) is 4.18. The van der Waals surface area contributed by atoms with E-state index in [9.17, 15) is 4.79 Å². The van der Waals surface area contributed by atoms with E-state index >= 15 is 0 Å². The number of rotatable bonds is 9. The lowest BCUT2D eigenvalue weighted by molar-refractivity contribution is -0.123. The van der Waals surface area contributed by atoms with Gasteiger partial charge in [0, 0.05) is 18.6 Å². The van der Waals surface area contributed by atoms with Gasteiger partial charge in [0.25, 0.3) is 0 Å². The number of hydrogen-bond donors (Lipinski definition) is 2. The third-order valence-corrected chi connectivity index (χ3v) is 4.18. The van der Waals surface area contributed by atoms with Crippen molar-refractivity contribution in [3.8, 4) is 0 Å². The molecule has 1 aliphatic heterocycles. The fraction of sp³-hybridized carbons (Fsp3) is 0.938. The summed E-state index contributed by atoms with van der Waals surface area (Å²) in [6.07, 6.45) is 8.53. The standard InChI is InChI=1S/C16H33N3O/c1-4-5-6-9-14(2)18-16(20)13-19-11-8-7-10-15(19)12-17-3/h14-15,17H,4-13H2,1-3H3,(H,18,20). The van der Waals surface area contributed by atoms with Crippen LogP contribution in [0.3, 0.4) is 0 Å². The van der Waals surface area contributed by atoms with Crippen molar-refractivity contribution >= 4 is 5.91 Å². The number of hydrogen-bond acceptors (Lipinski definition) is 3. The zero-order valence-corrected chi connectivity index (χ0v) is 13.6. The molecule has 1 heterocycles. The molecule has 2 unspecified atom stereocenters. The van der Waals surface area contributed by atoms with Crippen molar-refractivity contribution in [1.29, 1.82) is 0 Å². The van der Waals surface area contributed by atoms with E-state index in [0.29, 0.717) is 18.6 Å². The lowest BCUT2D eigenvalue weighted by atomic mass is 10.0. The largest absolute Gasteiger partial charge is 0.353 e. The van der Waals surface area contributed by atoms with Gasteiger partial charge in [-0.3, -0.25) is 9.69 Å². The molecule has 0 bridgehead atoms. The Morgan fingerprint density at radius 3 is 2.85 bits per heavy atom. The number of likely N-dealkylation sites (N-methyl/N-ethyl adjacent to an activating group) is 1. The zero-order chi connectivity index (χ0) is 14.8. The average Bonchev–Trinajstić information content (AvgIpc) is 2.41. The van der Waals surface area contributed by atoms with Crippen LogP contribution in [0, 0.1) is 0 Å². The zero-order valence-electron chi connectivity index (χ0n) is 13.6. The van der Waals surface area contributed by atoms with Crippen molar-refractivity contribution in [2.24, 2.45) is 0 Å².